The van der Waals surface area contributed by atoms with Gasteiger partial charge in [-0.15, -0.1) is 0 Å². The topological polar surface area (TPSA) is 220 Å². The van der Waals surface area contributed by atoms with Crippen LogP contribution >= 0.6 is 0 Å². The van der Waals surface area contributed by atoms with Crippen molar-refractivity contribution >= 4 is 35.0 Å². The minimum Gasteiger partial charge on any atom is -0.508 e. The SMILES string of the molecule is CC(C)CCC[C@H](C)[C@H]1CCC2C3CC=C4CC(OC(=O)Nc5ccc6c(c5O)C(O)=C5C(=O)[C@@]7(O)C(O)=C(C(N)=O)C(=O)[C@H](N(C)C)[C@H]7[C@H](O)[C@H]5[C@@H]6C)CC[C@]4(C)C3CC[C@@]21C. The molecule has 0 radical (unpaired) electrons. The van der Waals surface area contributed by atoms with Gasteiger partial charge in [0.05, 0.1) is 29.3 Å². The number of hydrogen-bond acceptors (Lipinski definition) is 11. The minimum absolute atomic E-state index is 0.0592. The zero-order valence-corrected chi connectivity index (χ0v) is 38.2. The van der Waals surface area contributed by atoms with Crippen molar-refractivity contribution in [2.75, 3.05) is 19.4 Å². The molecule has 1 aromatic rings. The highest BCUT2D eigenvalue weighted by Crippen LogP contribution is 2.67. The first-order valence-electron chi connectivity index (χ1n) is 23.4. The van der Waals surface area contributed by atoms with Gasteiger partial charge in [0.2, 0.25) is 5.78 Å². The molecule has 7 aliphatic carbocycles. The lowest BCUT2D eigenvalue weighted by Crippen LogP contribution is -2.70. The van der Waals surface area contributed by atoms with Crippen LogP contribution in [0.3, 0.4) is 0 Å². The average Bonchev–Trinajstić information content (AvgIpc) is 3.57. The van der Waals surface area contributed by atoms with E-state index in [-0.39, 0.29) is 22.8 Å². The number of ketones is 2. The number of phenolic OH excluding ortho intramolecular Hbond substituents is 1. The van der Waals surface area contributed by atoms with Crippen LogP contribution in [0.4, 0.5) is 10.5 Å². The molecule has 0 aromatic heterocycles. The van der Waals surface area contributed by atoms with E-state index in [1.165, 1.54) is 75.6 Å². The summed E-state index contributed by atoms with van der Waals surface area (Å²) in [6.07, 6.45) is 12.1. The molecule has 8 rings (SSSR count). The first-order valence-corrected chi connectivity index (χ1v) is 23.4. The van der Waals surface area contributed by atoms with Crippen molar-refractivity contribution in [1.82, 2.24) is 4.90 Å². The quantitative estimate of drug-likeness (QED) is 0.0734. The molecule has 7 aliphatic rings. The molecule has 4 unspecified atom stereocenters. The number of Topliss-reactive ketones (excluding diaryl/α,β-unsaturated/α-hetero) is 2. The lowest BCUT2D eigenvalue weighted by Gasteiger charge is -2.58. The van der Waals surface area contributed by atoms with Gasteiger partial charge in [0.1, 0.15) is 28.9 Å². The molecule has 344 valence electrons. The maximum atomic E-state index is 14.4. The molecule has 0 heterocycles. The van der Waals surface area contributed by atoms with Gasteiger partial charge in [-0.1, -0.05) is 78.5 Å². The van der Waals surface area contributed by atoms with E-state index in [0.29, 0.717) is 35.7 Å². The Morgan fingerprint density at radius 2 is 1.71 bits per heavy atom. The molecule has 0 bridgehead atoms. The number of carbonyl (C=O) groups excluding carboxylic acids is 4. The van der Waals surface area contributed by atoms with Gasteiger partial charge >= 0.3 is 6.09 Å². The van der Waals surface area contributed by atoms with Crippen molar-refractivity contribution in [3.8, 4) is 5.75 Å². The highest BCUT2D eigenvalue weighted by molar-refractivity contribution is 6.24. The summed E-state index contributed by atoms with van der Waals surface area (Å²) in [5.74, 6) is -5.55. The van der Waals surface area contributed by atoms with E-state index in [1.54, 1.807) is 13.0 Å². The number of nitrogens with one attached hydrogen (secondary N) is 1. The standard InChI is InChI=1S/C50H69N3O10/c1-23(2)10-9-11-24(3)30-15-16-31-29-13-12-26-22-27(18-20-48(26,5)32(29)19-21-49(30,31)6)63-47(61)52-33-17-14-28-25(4)34-36(41(55)35(28)40(33)54)44(58)50(62)38(42(34)56)39(53(7)8)43(57)37(45(50)59)46(51)60/h12,14,17,23-25,27,29-32,34,38-39,42,54-56,59,62H,9-11,13,15-16,18-22H2,1-8H3,(H2,51,60)(H,52,61)/t24-,25+,27?,29?,30+,31?,32?,34-,38-,39+,42+,48-,49+,50+/m0/s1. The zero-order chi connectivity index (χ0) is 45.8. The molecule has 1 aromatic carbocycles. The van der Waals surface area contributed by atoms with Gasteiger partial charge in [-0.3, -0.25) is 24.6 Å². The van der Waals surface area contributed by atoms with Gasteiger partial charge in [0, 0.05) is 17.9 Å². The van der Waals surface area contributed by atoms with Crippen LogP contribution in [0, 0.1) is 58.2 Å². The van der Waals surface area contributed by atoms with Crippen molar-refractivity contribution in [2.45, 2.75) is 142 Å². The largest absolute Gasteiger partial charge is 0.508 e. The van der Waals surface area contributed by atoms with Gasteiger partial charge in [-0.25, -0.2) is 4.79 Å². The number of phenols is 1. The summed E-state index contributed by atoms with van der Waals surface area (Å²) in [6.45, 7) is 13.8. The van der Waals surface area contributed by atoms with Crippen LogP contribution in [0.1, 0.15) is 129 Å². The number of allylic oxidation sites excluding steroid dienone is 1. The van der Waals surface area contributed by atoms with Crippen LogP contribution in [-0.2, 0) is 19.1 Å². The number of aromatic hydroxyl groups is 1. The van der Waals surface area contributed by atoms with Crippen LogP contribution < -0.4 is 11.1 Å². The predicted molar refractivity (Wildman–Crippen MR) is 237 cm³/mol. The molecule has 13 nitrogen and oxygen atoms in total. The summed E-state index contributed by atoms with van der Waals surface area (Å²) < 4.78 is 6.01. The fourth-order valence-corrected chi connectivity index (χ4v) is 14.8. The van der Waals surface area contributed by atoms with Crippen LogP contribution in [-0.4, -0.2) is 91.9 Å². The van der Waals surface area contributed by atoms with Crippen LogP contribution in [0.5, 0.6) is 5.75 Å². The number of likely N-dealkylation sites (N-methyl/N-ethyl adjacent to an activating group) is 1. The van der Waals surface area contributed by atoms with E-state index in [2.05, 4.69) is 46.0 Å². The molecule has 4 fully saturated rings. The number of anilines is 1. The van der Waals surface area contributed by atoms with Crippen LogP contribution in [0.25, 0.3) is 5.76 Å². The summed E-state index contributed by atoms with van der Waals surface area (Å²) >= 11 is 0. The fraction of sp³-hybridized carbons (Fsp3) is 0.680. The predicted octanol–water partition coefficient (Wildman–Crippen LogP) is 7.45. The van der Waals surface area contributed by atoms with E-state index in [1.807, 2.05) is 0 Å². The molecule has 2 amide bonds. The lowest BCUT2D eigenvalue weighted by molar-refractivity contribution is -0.169. The number of hydrogen-bond donors (Lipinski definition) is 7. The number of nitrogens with zero attached hydrogens (tertiary/aromatic N) is 1. The summed E-state index contributed by atoms with van der Waals surface area (Å²) in [6, 6.07) is 1.57. The normalized spacial score (nSPS) is 38.8. The number of ether oxygens (including phenoxy) is 1. The Bertz CT molecular complexity index is 2190. The number of aliphatic hydroxyl groups excluding tert-OH is 3. The second kappa shape index (κ2) is 16.0. The van der Waals surface area contributed by atoms with Crippen molar-refractivity contribution < 1.29 is 49.4 Å². The molecule has 0 aliphatic heterocycles. The molecule has 0 spiro atoms. The van der Waals surface area contributed by atoms with E-state index in [0.717, 1.165) is 36.5 Å². The number of nitrogens with two attached hydrogens (primary N) is 1. The van der Waals surface area contributed by atoms with E-state index < -0.39 is 87.5 Å². The molecular formula is C50H69N3O10. The van der Waals surface area contributed by atoms with Crippen molar-refractivity contribution in [3.05, 3.63) is 51.8 Å². The Kier molecular flexibility index (Phi) is 11.6. The Morgan fingerprint density at radius 3 is 2.38 bits per heavy atom. The third kappa shape index (κ3) is 6.79. The second-order valence-electron chi connectivity index (χ2n) is 21.7. The van der Waals surface area contributed by atoms with E-state index in [4.69, 9.17) is 10.5 Å². The molecule has 63 heavy (non-hydrogen) atoms. The van der Waals surface area contributed by atoms with E-state index >= 15 is 0 Å². The number of carbonyl (C=O) groups is 4. The van der Waals surface area contributed by atoms with Gasteiger partial charge in [-0.05, 0) is 123 Å². The number of benzene rings is 1. The summed E-state index contributed by atoms with van der Waals surface area (Å²) in [7, 11) is 2.92. The Balaban J connectivity index is 0.985. The Morgan fingerprint density at radius 1 is 1.00 bits per heavy atom. The fourth-order valence-electron chi connectivity index (χ4n) is 14.8. The van der Waals surface area contributed by atoms with Crippen LogP contribution in [0.2, 0.25) is 0 Å². The highest BCUT2D eigenvalue weighted by atomic mass is 16.6. The number of amides is 2. The summed E-state index contributed by atoms with van der Waals surface area (Å²) in [5, 5.41) is 61.2. The summed E-state index contributed by atoms with van der Waals surface area (Å²) in [5.41, 5.74) is 2.78. The third-order valence-electron chi connectivity index (χ3n) is 17.9. The molecule has 0 saturated heterocycles. The highest BCUT2D eigenvalue weighted by Gasteiger charge is 2.68. The molecule has 4 saturated carbocycles. The molecule has 8 N–H and O–H groups in total. The minimum atomic E-state index is -3.02. The Hall–Kier alpha value is -4.20. The van der Waals surface area contributed by atoms with Crippen LogP contribution in [0.15, 0.2) is 40.7 Å². The van der Waals surface area contributed by atoms with Gasteiger partial charge in [-0.2, -0.15) is 0 Å². The van der Waals surface area contributed by atoms with Crippen molar-refractivity contribution in [2.24, 2.45) is 63.9 Å². The summed E-state index contributed by atoms with van der Waals surface area (Å²) in [4.78, 5) is 55.1. The molecule has 14 atom stereocenters. The monoisotopic (exact) mass is 871 g/mol. The van der Waals surface area contributed by atoms with Gasteiger partial charge in [0.25, 0.3) is 5.91 Å². The van der Waals surface area contributed by atoms with Crippen molar-refractivity contribution in [1.29, 1.82) is 0 Å². The molecule has 13 heteroatoms. The number of rotatable bonds is 9. The van der Waals surface area contributed by atoms with Gasteiger partial charge in [0.15, 0.2) is 11.4 Å². The first kappa shape index (κ1) is 45.4. The number of fused-ring (bicyclic) bond motifs is 8. The Labute approximate surface area is 371 Å². The first-order chi connectivity index (χ1) is 29.6. The maximum Gasteiger partial charge on any atom is 0.412 e. The van der Waals surface area contributed by atoms with E-state index in [9.17, 15) is 44.7 Å². The zero-order valence-electron chi connectivity index (χ0n) is 38.2. The average molecular weight is 872 g/mol. The lowest BCUT2D eigenvalue weighted by atomic mass is 9.47. The third-order valence-corrected chi connectivity index (χ3v) is 17.9. The smallest absolute Gasteiger partial charge is 0.412 e. The van der Waals surface area contributed by atoms with Gasteiger partial charge < -0.3 is 36.0 Å². The second-order valence-corrected chi connectivity index (χ2v) is 21.7. The number of aliphatic hydroxyl groups is 4. The van der Waals surface area contributed by atoms with Crippen molar-refractivity contribution in [3.63, 3.8) is 0 Å². The maximum absolute atomic E-state index is 14.4. The molecular weight excluding hydrogens is 803 g/mol. The number of primary amides is 1.